The topological polar surface area (TPSA) is 240 Å². The molecule has 0 aliphatic rings. The molecular formula is C29H20N6O10S3. The maximum absolute atomic E-state index is 11.8. The Morgan fingerprint density at radius 2 is 1.44 bits per heavy atom. The molecule has 6 N–H and O–H groups in total. The maximum Gasteiger partial charge on any atom is 0.296 e. The number of pyridine rings is 1. The number of hydrogen-bond donors (Lipinski definition) is 5. The molecule has 19 heteroatoms. The standard InChI is InChI=1S/C29H20N6O10S3/c30-22-13-20-17(10-26(22)48(39,40)41)9-25(47-45-43-38)28(29(20)36)35-33-23-7-8-24(21-12-18(46-44-42-37)5-6-19(21)23)32-34-27-11-15-3-1-2-4-16(15)14-31-27/h1-14,36-38H,30H2,(H,39,40,41). The number of nitrogens with zero attached hydrogens (tertiary/aromatic N) is 5. The SMILES string of the molecule is Nc1cc2c(O)c(N=Nc3ccc(N=Nc4cc5ccccc5cn4)c4cc(SOOO)ccc34)c(SOOO)cc2cc1S(=O)(=O)O. The van der Waals surface area contributed by atoms with Gasteiger partial charge in [0.15, 0.2) is 11.6 Å². The molecule has 6 rings (SSSR count). The van der Waals surface area contributed by atoms with Crippen molar-refractivity contribution in [3.63, 3.8) is 0 Å². The van der Waals surface area contributed by atoms with Crippen LogP contribution in [0.1, 0.15) is 0 Å². The third-order valence-electron chi connectivity index (χ3n) is 6.85. The summed E-state index contributed by atoms with van der Waals surface area (Å²) >= 11 is 1.17. The molecule has 0 radical (unpaired) electrons. The predicted molar refractivity (Wildman–Crippen MR) is 175 cm³/mol. The van der Waals surface area contributed by atoms with Crippen LogP contribution in [0.4, 0.5) is 28.6 Å². The van der Waals surface area contributed by atoms with Crippen molar-refractivity contribution in [3.05, 3.63) is 85.1 Å². The third kappa shape index (κ3) is 7.05. The van der Waals surface area contributed by atoms with Gasteiger partial charge in [-0.05, 0) is 59.3 Å². The first kappa shape index (κ1) is 33.1. The molecule has 48 heavy (non-hydrogen) atoms. The molecule has 0 fully saturated rings. The highest BCUT2D eigenvalue weighted by atomic mass is 32.2. The van der Waals surface area contributed by atoms with E-state index in [-0.39, 0.29) is 27.0 Å². The number of phenolic OH excluding ortho intramolecular Hbond substituents is 1. The Bertz CT molecular complexity index is 2360. The number of benzene rings is 5. The fourth-order valence-electron chi connectivity index (χ4n) is 4.74. The van der Waals surface area contributed by atoms with E-state index < -0.39 is 20.8 Å². The van der Waals surface area contributed by atoms with Crippen molar-refractivity contribution < 1.29 is 47.3 Å². The Balaban J connectivity index is 1.44. The van der Waals surface area contributed by atoms with Crippen molar-refractivity contribution in [2.24, 2.45) is 20.5 Å². The van der Waals surface area contributed by atoms with Gasteiger partial charge in [0.2, 0.25) is 0 Å². The molecular weight excluding hydrogens is 689 g/mol. The fourth-order valence-corrected chi connectivity index (χ4v) is 6.26. The zero-order valence-corrected chi connectivity index (χ0v) is 26.3. The number of fused-ring (bicyclic) bond motifs is 3. The first-order chi connectivity index (χ1) is 23.2. The van der Waals surface area contributed by atoms with Crippen LogP contribution in [0.5, 0.6) is 5.75 Å². The minimum Gasteiger partial charge on any atom is -0.505 e. The number of nitrogens with two attached hydrogens (primary N) is 1. The second-order valence-corrected chi connectivity index (χ2v) is 12.6. The summed E-state index contributed by atoms with van der Waals surface area (Å²) in [6, 6.07) is 21.3. The molecule has 0 aliphatic heterocycles. The Morgan fingerprint density at radius 3 is 2.19 bits per heavy atom. The lowest BCUT2D eigenvalue weighted by atomic mass is 10.1. The van der Waals surface area contributed by atoms with Crippen molar-refractivity contribution in [1.29, 1.82) is 0 Å². The number of phenols is 1. The van der Waals surface area contributed by atoms with Crippen molar-refractivity contribution in [1.82, 2.24) is 4.98 Å². The van der Waals surface area contributed by atoms with E-state index in [4.69, 9.17) is 16.2 Å². The zero-order chi connectivity index (χ0) is 33.8. The third-order valence-corrected chi connectivity index (χ3v) is 8.95. The summed E-state index contributed by atoms with van der Waals surface area (Å²) in [5.74, 6) is -0.0882. The summed E-state index contributed by atoms with van der Waals surface area (Å²) in [5.41, 5.74) is 6.11. The molecule has 5 aromatic carbocycles. The molecule has 0 saturated heterocycles. The number of nitrogen functional groups attached to an aromatic ring is 1. The summed E-state index contributed by atoms with van der Waals surface area (Å²) in [7, 11) is -4.68. The van der Waals surface area contributed by atoms with Crippen LogP contribution in [-0.2, 0) is 28.9 Å². The van der Waals surface area contributed by atoms with E-state index in [0.29, 0.717) is 44.9 Å². The fraction of sp³-hybridized carbons (Fsp3) is 0. The predicted octanol–water partition coefficient (Wildman–Crippen LogP) is 8.76. The van der Waals surface area contributed by atoms with Crippen LogP contribution in [0.2, 0.25) is 0 Å². The quantitative estimate of drug-likeness (QED) is 0.0211. The van der Waals surface area contributed by atoms with Gasteiger partial charge in [-0.2, -0.15) is 8.42 Å². The molecule has 6 aromatic rings. The first-order valence-electron chi connectivity index (χ1n) is 13.3. The Morgan fingerprint density at radius 1 is 0.729 bits per heavy atom. The summed E-state index contributed by atoms with van der Waals surface area (Å²) in [6.07, 6.45) is 1.69. The molecule has 0 atom stereocenters. The van der Waals surface area contributed by atoms with Gasteiger partial charge in [-0.25, -0.2) is 15.5 Å². The average molecular weight is 709 g/mol. The number of rotatable bonds is 11. The number of anilines is 1. The molecule has 0 unspecified atom stereocenters. The van der Waals surface area contributed by atoms with Gasteiger partial charge >= 0.3 is 0 Å². The summed E-state index contributed by atoms with van der Waals surface area (Å²) in [5, 5.41) is 56.4. The summed E-state index contributed by atoms with van der Waals surface area (Å²) in [6.45, 7) is 0. The first-order valence-corrected chi connectivity index (χ1v) is 16.2. The van der Waals surface area contributed by atoms with E-state index in [9.17, 15) is 18.1 Å². The van der Waals surface area contributed by atoms with Gasteiger partial charge in [0.1, 0.15) is 10.6 Å². The molecule has 0 aliphatic carbocycles. The van der Waals surface area contributed by atoms with Crippen LogP contribution in [0.15, 0.2) is 120 Å². The lowest BCUT2D eigenvalue weighted by Gasteiger charge is -2.11. The molecule has 1 heterocycles. The zero-order valence-electron chi connectivity index (χ0n) is 23.9. The molecule has 16 nitrogen and oxygen atoms in total. The van der Waals surface area contributed by atoms with Gasteiger partial charge in [0, 0.05) is 32.6 Å². The van der Waals surface area contributed by atoms with Crippen molar-refractivity contribution in [2.45, 2.75) is 14.7 Å². The lowest BCUT2D eigenvalue weighted by Crippen LogP contribution is -2.03. The van der Waals surface area contributed by atoms with E-state index in [1.54, 1.807) is 42.6 Å². The van der Waals surface area contributed by atoms with Crippen molar-refractivity contribution in [3.8, 4) is 5.75 Å². The second-order valence-electron chi connectivity index (χ2n) is 9.71. The molecule has 0 bridgehead atoms. The molecule has 0 spiro atoms. The normalized spacial score (nSPS) is 12.3. The largest absolute Gasteiger partial charge is 0.505 e. The van der Waals surface area contributed by atoms with Crippen LogP contribution < -0.4 is 5.73 Å². The van der Waals surface area contributed by atoms with Crippen LogP contribution in [0.25, 0.3) is 32.3 Å². The van der Waals surface area contributed by atoms with Crippen molar-refractivity contribution >= 4 is 95.1 Å². The minimum atomic E-state index is -4.68. The molecule has 0 amide bonds. The molecule has 1 aromatic heterocycles. The van der Waals surface area contributed by atoms with Gasteiger partial charge in [0.25, 0.3) is 10.1 Å². The number of aromatic nitrogens is 1. The minimum absolute atomic E-state index is 0.0429. The van der Waals surface area contributed by atoms with Gasteiger partial charge in [-0.1, -0.05) is 40.4 Å². The Labute approximate surface area is 278 Å². The number of hydrogen-bond acceptors (Lipinski definition) is 17. The second kappa shape index (κ2) is 14.1. The van der Waals surface area contributed by atoms with E-state index in [1.807, 2.05) is 24.3 Å². The van der Waals surface area contributed by atoms with Crippen LogP contribution in [0.3, 0.4) is 0 Å². The van der Waals surface area contributed by atoms with Crippen LogP contribution >= 0.6 is 24.1 Å². The Hall–Kier alpha value is -4.80. The van der Waals surface area contributed by atoms with Crippen LogP contribution in [-0.4, -0.2) is 33.6 Å². The molecule has 0 saturated carbocycles. The average Bonchev–Trinajstić information content (AvgIpc) is 3.08. The Kier molecular flexibility index (Phi) is 9.75. The highest BCUT2D eigenvalue weighted by molar-refractivity contribution is 7.95. The van der Waals surface area contributed by atoms with Crippen LogP contribution in [0, 0.1) is 0 Å². The highest BCUT2D eigenvalue weighted by Crippen LogP contribution is 2.46. The van der Waals surface area contributed by atoms with E-state index in [2.05, 4.69) is 44.2 Å². The van der Waals surface area contributed by atoms with E-state index in [1.165, 1.54) is 6.07 Å². The van der Waals surface area contributed by atoms with E-state index in [0.717, 1.165) is 34.9 Å². The molecule has 244 valence electrons. The highest BCUT2D eigenvalue weighted by Gasteiger charge is 2.21. The van der Waals surface area contributed by atoms with Gasteiger partial charge < -0.3 is 10.8 Å². The lowest BCUT2D eigenvalue weighted by molar-refractivity contribution is -0.432. The number of azo groups is 2. The van der Waals surface area contributed by atoms with Gasteiger partial charge in [-0.15, -0.1) is 29.1 Å². The van der Waals surface area contributed by atoms with Gasteiger partial charge in [-0.3, -0.25) is 4.55 Å². The summed E-state index contributed by atoms with van der Waals surface area (Å²) in [4.78, 5) is 4.34. The smallest absolute Gasteiger partial charge is 0.296 e. The number of aromatic hydroxyl groups is 1. The van der Waals surface area contributed by atoms with Crippen molar-refractivity contribution in [2.75, 3.05) is 5.73 Å². The monoisotopic (exact) mass is 708 g/mol. The van der Waals surface area contributed by atoms with E-state index >= 15 is 0 Å². The summed E-state index contributed by atoms with van der Waals surface area (Å²) < 4.78 is 42.2. The van der Waals surface area contributed by atoms with Gasteiger partial charge in [0.05, 0.1) is 46.0 Å². The maximum atomic E-state index is 11.8.